The molecule has 13 heavy (non-hydrogen) atoms. The molecule has 0 fully saturated rings. The highest BCUT2D eigenvalue weighted by Gasteiger charge is 2.03. The Bertz CT molecular complexity index is 193. The molecule has 0 saturated carbocycles. The van der Waals surface area contributed by atoms with Crippen molar-refractivity contribution in [2.45, 2.75) is 26.3 Å². The van der Waals surface area contributed by atoms with Crippen LogP contribution in [-0.2, 0) is 4.79 Å². The highest BCUT2D eigenvalue weighted by atomic mass is 32.2. The summed E-state index contributed by atoms with van der Waals surface area (Å²) in [5, 5.41) is 6.35. The number of amidine groups is 1. The predicted molar refractivity (Wildman–Crippen MR) is 56.2 cm³/mol. The van der Waals surface area contributed by atoms with Gasteiger partial charge >= 0.3 is 0 Å². The summed E-state index contributed by atoms with van der Waals surface area (Å²) in [6, 6.07) is 0.179. The van der Waals surface area contributed by atoms with E-state index in [1.807, 2.05) is 13.8 Å². The molecule has 0 aliphatic carbocycles. The van der Waals surface area contributed by atoms with Gasteiger partial charge in [0.1, 0.15) is 0 Å². The van der Waals surface area contributed by atoms with Crippen molar-refractivity contribution in [3.05, 3.63) is 0 Å². The lowest BCUT2D eigenvalue weighted by atomic mass is 10.3. The first-order valence-electron chi connectivity index (χ1n) is 4.01. The molecule has 0 atom stereocenters. The third kappa shape index (κ3) is 7.45. The molecule has 0 radical (unpaired) electrons. The van der Waals surface area contributed by atoms with Crippen LogP contribution in [0.4, 0.5) is 0 Å². The molecule has 0 unspecified atom stereocenters. The second-order valence-electron chi connectivity index (χ2n) is 2.79. The zero-order chi connectivity index (χ0) is 10.3. The Morgan fingerprint density at radius 3 is 2.69 bits per heavy atom. The molecule has 0 bridgehead atoms. The summed E-state index contributed by atoms with van der Waals surface area (Å²) < 4.78 is 0. The van der Waals surface area contributed by atoms with Gasteiger partial charge in [0.05, 0.1) is 0 Å². The number of carbonyl (C=O) groups excluding carboxylic acids is 1. The number of amides is 1. The maximum Gasteiger partial charge on any atom is 0.221 e. The predicted octanol–water partition coefficient (Wildman–Crippen LogP) is -0.177. The molecular weight excluding hydrogens is 188 g/mol. The number of hydrogen-bond donors (Lipinski definition) is 3. The van der Waals surface area contributed by atoms with E-state index in [9.17, 15) is 4.79 Å². The van der Waals surface area contributed by atoms with Gasteiger partial charge in [-0.25, -0.2) is 0 Å². The van der Waals surface area contributed by atoms with Crippen LogP contribution < -0.4 is 16.9 Å². The van der Waals surface area contributed by atoms with Gasteiger partial charge in [0.25, 0.3) is 0 Å². The normalized spacial score (nSPS) is 11.8. The zero-order valence-corrected chi connectivity index (χ0v) is 8.73. The minimum absolute atomic E-state index is 0.0207. The summed E-state index contributed by atoms with van der Waals surface area (Å²) in [5.41, 5.74) is 5.32. The monoisotopic (exact) mass is 204 g/mol. The van der Waals surface area contributed by atoms with Crippen LogP contribution in [0.15, 0.2) is 5.10 Å². The molecular formula is C7H16N4OS. The second kappa shape index (κ2) is 6.59. The van der Waals surface area contributed by atoms with Crippen molar-refractivity contribution in [3.63, 3.8) is 0 Å². The number of thioether (sulfide) groups is 1. The zero-order valence-electron chi connectivity index (χ0n) is 7.91. The van der Waals surface area contributed by atoms with Crippen molar-refractivity contribution in [2.24, 2.45) is 16.7 Å². The Hall–Kier alpha value is -0.910. The van der Waals surface area contributed by atoms with E-state index in [-0.39, 0.29) is 11.9 Å². The van der Waals surface area contributed by atoms with E-state index < -0.39 is 0 Å². The van der Waals surface area contributed by atoms with Crippen LogP contribution in [0.25, 0.3) is 0 Å². The summed E-state index contributed by atoms with van der Waals surface area (Å²) >= 11 is 1.27. The summed E-state index contributed by atoms with van der Waals surface area (Å²) in [4.78, 5) is 11.1. The van der Waals surface area contributed by atoms with Crippen molar-refractivity contribution >= 4 is 22.8 Å². The van der Waals surface area contributed by atoms with E-state index in [2.05, 4.69) is 10.4 Å². The Labute approximate surface area is 82.3 Å². The van der Waals surface area contributed by atoms with Crippen molar-refractivity contribution in [1.29, 1.82) is 0 Å². The number of hydrogen-bond acceptors (Lipinski definition) is 4. The van der Waals surface area contributed by atoms with Crippen LogP contribution in [0, 0.1) is 0 Å². The van der Waals surface area contributed by atoms with Crippen LogP contribution in [0.1, 0.15) is 20.3 Å². The summed E-state index contributed by atoms with van der Waals surface area (Å²) in [6.07, 6.45) is 0.430. The van der Waals surface area contributed by atoms with Gasteiger partial charge in [-0.2, -0.15) is 5.10 Å². The maximum atomic E-state index is 11.1. The van der Waals surface area contributed by atoms with Crippen LogP contribution in [-0.4, -0.2) is 22.9 Å². The minimum Gasteiger partial charge on any atom is -0.377 e. The van der Waals surface area contributed by atoms with Gasteiger partial charge in [0.15, 0.2) is 5.17 Å². The van der Waals surface area contributed by atoms with E-state index >= 15 is 0 Å². The molecule has 0 aromatic carbocycles. The molecule has 5 nitrogen and oxygen atoms in total. The lowest BCUT2D eigenvalue weighted by Crippen LogP contribution is -2.30. The van der Waals surface area contributed by atoms with Gasteiger partial charge in [-0.05, 0) is 13.8 Å². The Kier molecular flexibility index (Phi) is 6.13. The fourth-order valence-electron chi connectivity index (χ4n) is 0.680. The topological polar surface area (TPSA) is 93.5 Å². The van der Waals surface area contributed by atoms with E-state index in [0.29, 0.717) is 17.3 Å². The number of carbonyl (C=O) groups is 1. The van der Waals surface area contributed by atoms with Crippen LogP contribution in [0.2, 0.25) is 0 Å². The number of nitrogens with zero attached hydrogens (tertiary/aromatic N) is 1. The largest absolute Gasteiger partial charge is 0.377 e. The maximum absolute atomic E-state index is 11.1. The quantitative estimate of drug-likeness (QED) is 0.256. The van der Waals surface area contributed by atoms with Crippen molar-refractivity contribution in [3.8, 4) is 0 Å². The Morgan fingerprint density at radius 1 is 1.62 bits per heavy atom. The average Bonchev–Trinajstić information content (AvgIpc) is 2.02. The SMILES string of the molecule is CC(C)NC(=O)CCSC(N)=NN. The molecule has 0 aliphatic rings. The molecule has 0 spiro atoms. The third-order valence-corrected chi connectivity index (χ3v) is 1.97. The number of nitrogens with one attached hydrogen (secondary N) is 1. The van der Waals surface area contributed by atoms with Gasteiger partial charge in [-0.1, -0.05) is 11.8 Å². The lowest BCUT2D eigenvalue weighted by Gasteiger charge is -2.07. The minimum atomic E-state index is 0.0207. The van der Waals surface area contributed by atoms with Crippen LogP contribution >= 0.6 is 11.8 Å². The van der Waals surface area contributed by atoms with Crippen molar-refractivity contribution < 1.29 is 4.79 Å². The number of hydrazone groups is 1. The standard InChI is InChI=1S/C7H16N4OS/c1-5(2)10-6(12)3-4-13-7(8)11-9/h5H,3-4,9H2,1-2H3,(H2,8,11)(H,10,12). The first kappa shape index (κ1) is 12.1. The summed E-state index contributed by atoms with van der Waals surface area (Å²) in [6.45, 7) is 3.83. The first-order chi connectivity index (χ1) is 6.06. The number of nitrogens with two attached hydrogens (primary N) is 2. The number of rotatable bonds is 4. The first-order valence-corrected chi connectivity index (χ1v) is 5.00. The van der Waals surface area contributed by atoms with E-state index in [0.717, 1.165) is 0 Å². The molecule has 6 heteroatoms. The lowest BCUT2D eigenvalue weighted by molar-refractivity contribution is -0.121. The second-order valence-corrected chi connectivity index (χ2v) is 3.90. The highest BCUT2D eigenvalue weighted by Crippen LogP contribution is 2.01. The molecule has 76 valence electrons. The molecule has 0 aromatic heterocycles. The van der Waals surface area contributed by atoms with E-state index in [1.165, 1.54) is 11.8 Å². The van der Waals surface area contributed by atoms with Crippen LogP contribution in [0.5, 0.6) is 0 Å². The van der Waals surface area contributed by atoms with Crippen LogP contribution in [0.3, 0.4) is 0 Å². The molecule has 0 aliphatic heterocycles. The molecule has 0 heterocycles. The fraction of sp³-hybridized carbons (Fsp3) is 0.714. The fourth-order valence-corrected chi connectivity index (χ4v) is 1.25. The molecule has 0 saturated heterocycles. The summed E-state index contributed by atoms with van der Waals surface area (Å²) in [5.74, 6) is 5.53. The highest BCUT2D eigenvalue weighted by molar-refractivity contribution is 8.13. The molecule has 1 amide bonds. The third-order valence-electron chi connectivity index (χ3n) is 1.16. The van der Waals surface area contributed by atoms with Crippen molar-refractivity contribution in [1.82, 2.24) is 5.32 Å². The average molecular weight is 204 g/mol. The van der Waals surface area contributed by atoms with Gasteiger partial charge in [0, 0.05) is 18.2 Å². The molecule has 5 N–H and O–H groups in total. The summed E-state index contributed by atoms with van der Waals surface area (Å²) in [7, 11) is 0. The van der Waals surface area contributed by atoms with Crippen molar-refractivity contribution in [2.75, 3.05) is 5.75 Å². The van der Waals surface area contributed by atoms with Gasteiger partial charge in [-0.15, -0.1) is 0 Å². The smallest absolute Gasteiger partial charge is 0.221 e. The molecule has 0 aromatic rings. The van der Waals surface area contributed by atoms with Gasteiger partial charge < -0.3 is 16.9 Å². The Balaban J connectivity index is 3.48. The Morgan fingerprint density at radius 2 is 2.23 bits per heavy atom. The molecule has 0 rings (SSSR count). The van der Waals surface area contributed by atoms with E-state index in [1.54, 1.807) is 0 Å². The van der Waals surface area contributed by atoms with E-state index in [4.69, 9.17) is 11.6 Å². The van der Waals surface area contributed by atoms with Gasteiger partial charge in [0.2, 0.25) is 5.91 Å². The van der Waals surface area contributed by atoms with Gasteiger partial charge in [-0.3, -0.25) is 4.79 Å².